The second-order valence-electron chi connectivity index (χ2n) is 3.68. The Hall–Kier alpha value is -2.62. The first-order valence-electron chi connectivity index (χ1n) is 5.66. The van der Waals surface area contributed by atoms with Crippen LogP contribution in [0.1, 0.15) is 6.42 Å². The minimum absolute atomic E-state index is 0.0204. The molecule has 2 rings (SSSR count). The minimum atomic E-state index is -0.498. The molecule has 0 aromatic carbocycles. The number of aliphatic imine (C=N–C) groups is 1. The fraction of sp³-hybridized carbons (Fsp3) is 0.400. The summed E-state index contributed by atoms with van der Waals surface area (Å²) in [5, 5.41) is 32.2. The Morgan fingerprint density at radius 3 is 2.50 bits per heavy atom. The first-order valence-corrected chi connectivity index (χ1v) is 5.66. The van der Waals surface area contributed by atoms with Crippen LogP contribution in [0.25, 0.3) is 0 Å². The van der Waals surface area contributed by atoms with Gasteiger partial charge in [0.1, 0.15) is 12.4 Å². The topological polar surface area (TPSA) is 137 Å². The molecule has 0 aliphatic carbocycles. The number of aromatic nitrogens is 2. The predicted octanol–water partition coefficient (Wildman–Crippen LogP) is 0.405. The van der Waals surface area contributed by atoms with E-state index in [1.807, 2.05) is 0 Å². The highest BCUT2D eigenvalue weighted by Gasteiger charge is 2.08. The fourth-order valence-electron chi connectivity index (χ4n) is 1.27. The maximum Gasteiger partial charge on any atom is 0.306 e. The molecule has 0 saturated carbocycles. The largest absolute Gasteiger partial charge is 0.396 e. The van der Waals surface area contributed by atoms with Gasteiger partial charge in [-0.1, -0.05) is 0 Å². The Morgan fingerprint density at radius 1 is 1.35 bits per heavy atom. The van der Waals surface area contributed by atoms with Crippen LogP contribution in [0.3, 0.4) is 0 Å². The Kier molecular flexibility index (Phi) is 5.97. The molecule has 0 spiro atoms. The Balaban J connectivity index is 0.000000217. The number of aryl methyl sites for hydroxylation is 1. The quantitative estimate of drug-likeness (QED) is 0.613. The third kappa shape index (κ3) is 4.94. The van der Waals surface area contributed by atoms with Crippen LogP contribution in [0.4, 0.5) is 5.69 Å². The lowest BCUT2D eigenvalue weighted by atomic mass is 10.4. The second kappa shape index (κ2) is 7.74. The van der Waals surface area contributed by atoms with E-state index in [1.165, 1.54) is 29.4 Å². The van der Waals surface area contributed by atoms with Gasteiger partial charge in [0.2, 0.25) is 0 Å². The van der Waals surface area contributed by atoms with E-state index in [0.717, 1.165) is 0 Å². The highest BCUT2D eigenvalue weighted by Crippen LogP contribution is 2.07. The number of rotatable bonds is 5. The van der Waals surface area contributed by atoms with Crippen LogP contribution < -0.4 is 0 Å². The van der Waals surface area contributed by atoms with Crippen molar-refractivity contribution in [3.8, 4) is 0 Å². The average Bonchev–Trinajstić information content (AvgIpc) is 3.08. The standard InChI is InChI=1S/C6H9N3O3.C4H4N2O2/c10-3-1-2-8-5-6(4-7-8)9(11)12;7-6(8)4-1-2-5-3-4/h4-5,10H,1-3H2;1,3H,2H2. The van der Waals surface area contributed by atoms with Gasteiger partial charge in [-0.05, 0) is 6.42 Å². The van der Waals surface area contributed by atoms with Crippen molar-refractivity contribution >= 4 is 11.9 Å². The van der Waals surface area contributed by atoms with E-state index in [2.05, 4.69) is 10.1 Å². The third-order valence-corrected chi connectivity index (χ3v) is 2.22. The zero-order chi connectivity index (χ0) is 15.0. The summed E-state index contributed by atoms with van der Waals surface area (Å²) in [6.45, 7) is 1.02. The number of nitrogens with zero attached hydrogens (tertiary/aromatic N) is 5. The summed E-state index contributed by atoms with van der Waals surface area (Å²) in [5.41, 5.74) is 0.0814. The van der Waals surface area contributed by atoms with Crippen molar-refractivity contribution in [1.29, 1.82) is 0 Å². The Labute approximate surface area is 113 Å². The van der Waals surface area contributed by atoms with Crippen molar-refractivity contribution in [2.75, 3.05) is 13.2 Å². The number of hydrogen-bond acceptors (Lipinski definition) is 7. The molecule has 1 aliphatic heterocycles. The summed E-state index contributed by atoms with van der Waals surface area (Å²) in [5.74, 6) is 0. The molecule has 1 aromatic rings. The van der Waals surface area contributed by atoms with Gasteiger partial charge >= 0.3 is 5.69 Å². The lowest BCUT2D eigenvalue weighted by molar-refractivity contribution is -0.414. The molecule has 1 aromatic heterocycles. The van der Waals surface area contributed by atoms with E-state index in [-0.39, 0.29) is 18.0 Å². The van der Waals surface area contributed by atoms with Crippen molar-refractivity contribution in [3.63, 3.8) is 0 Å². The zero-order valence-electron chi connectivity index (χ0n) is 10.5. The van der Waals surface area contributed by atoms with Crippen LogP contribution in [0.2, 0.25) is 0 Å². The molecule has 0 unspecified atom stereocenters. The van der Waals surface area contributed by atoms with Crippen LogP contribution in [-0.2, 0) is 6.54 Å². The van der Waals surface area contributed by atoms with Crippen LogP contribution in [0.15, 0.2) is 29.2 Å². The first-order chi connectivity index (χ1) is 9.54. The third-order valence-electron chi connectivity index (χ3n) is 2.22. The van der Waals surface area contributed by atoms with Gasteiger partial charge in [0.05, 0.1) is 22.6 Å². The predicted molar refractivity (Wildman–Crippen MR) is 69.0 cm³/mol. The van der Waals surface area contributed by atoms with Gasteiger partial charge in [-0.2, -0.15) is 5.10 Å². The molecule has 0 fully saturated rings. The van der Waals surface area contributed by atoms with Gasteiger partial charge in [0, 0.05) is 19.2 Å². The Bertz CT molecular complexity index is 536. The lowest BCUT2D eigenvalue weighted by Crippen LogP contribution is -1.99. The molecule has 10 heteroatoms. The molecular weight excluding hydrogens is 270 g/mol. The molecule has 0 atom stereocenters. The number of hydrogen-bond donors (Lipinski definition) is 1. The molecule has 20 heavy (non-hydrogen) atoms. The highest BCUT2D eigenvalue weighted by molar-refractivity contribution is 5.77. The summed E-state index contributed by atoms with van der Waals surface area (Å²) < 4.78 is 1.44. The van der Waals surface area contributed by atoms with Crippen LogP contribution >= 0.6 is 0 Å². The van der Waals surface area contributed by atoms with E-state index in [1.54, 1.807) is 0 Å². The van der Waals surface area contributed by atoms with Crippen molar-refractivity contribution in [2.24, 2.45) is 4.99 Å². The summed E-state index contributed by atoms with van der Waals surface area (Å²) in [6, 6.07) is 0. The molecule has 0 amide bonds. The molecule has 0 radical (unpaired) electrons. The van der Waals surface area contributed by atoms with Gasteiger partial charge in [0.15, 0.2) is 0 Å². The Morgan fingerprint density at radius 2 is 2.10 bits per heavy atom. The smallest absolute Gasteiger partial charge is 0.306 e. The first kappa shape index (κ1) is 15.4. The average molecular weight is 283 g/mol. The molecule has 2 heterocycles. The molecular formula is C10H13N5O5. The normalized spacial score (nSPS) is 12.6. The van der Waals surface area contributed by atoms with E-state index in [0.29, 0.717) is 19.5 Å². The summed E-state index contributed by atoms with van der Waals surface area (Å²) in [4.78, 5) is 22.7. The summed E-state index contributed by atoms with van der Waals surface area (Å²) in [6.07, 6.45) is 5.83. The van der Waals surface area contributed by atoms with Gasteiger partial charge in [-0.15, -0.1) is 0 Å². The summed E-state index contributed by atoms with van der Waals surface area (Å²) >= 11 is 0. The molecule has 108 valence electrons. The highest BCUT2D eigenvalue weighted by atomic mass is 16.6. The number of aliphatic hydroxyl groups is 1. The van der Waals surface area contributed by atoms with E-state index in [9.17, 15) is 20.2 Å². The van der Waals surface area contributed by atoms with Crippen molar-refractivity contribution < 1.29 is 15.0 Å². The van der Waals surface area contributed by atoms with Gasteiger partial charge in [-0.3, -0.25) is 29.9 Å². The number of allylic oxidation sites excluding steroid dienone is 1. The maximum atomic E-state index is 10.2. The van der Waals surface area contributed by atoms with Crippen molar-refractivity contribution in [1.82, 2.24) is 9.78 Å². The second-order valence-corrected chi connectivity index (χ2v) is 3.68. The SMILES string of the molecule is O=[N+]([O-])C1=CCN=C1.O=[N+]([O-])c1cnn(CCCO)c1. The summed E-state index contributed by atoms with van der Waals surface area (Å²) in [7, 11) is 0. The van der Waals surface area contributed by atoms with Crippen LogP contribution in [-0.4, -0.2) is 44.1 Å². The monoisotopic (exact) mass is 283 g/mol. The van der Waals surface area contributed by atoms with E-state index >= 15 is 0 Å². The van der Waals surface area contributed by atoms with E-state index < -0.39 is 9.85 Å². The van der Waals surface area contributed by atoms with Gasteiger partial charge in [-0.25, -0.2) is 0 Å². The maximum absolute atomic E-state index is 10.2. The van der Waals surface area contributed by atoms with Gasteiger partial charge < -0.3 is 5.11 Å². The zero-order valence-corrected chi connectivity index (χ0v) is 10.5. The number of nitro groups is 2. The fourth-order valence-corrected chi connectivity index (χ4v) is 1.27. The number of aliphatic hydroxyl groups excluding tert-OH is 1. The molecule has 0 saturated heterocycles. The molecule has 1 aliphatic rings. The van der Waals surface area contributed by atoms with Gasteiger partial charge in [0.25, 0.3) is 5.70 Å². The van der Waals surface area contributed by atoms with E-state index in [4.69, 9.17) is 5.11 Å². The lowest BCUT2D eigenvalue weighted by Gasteiger charge is -1.95. The van der Waals surface area contributed by atoms with Crippen molar-refractivity contribution in [3.05, 3.63) is 44.4 Å². The van der Waals surface area contributed by atoms with Crippen molar-refractivity contribution in [2.45, 2.75) is 13.0 Å². The van der Waals surface area contributed by atoms with Crippen LogP contribution in [0.5, 0.6) is 0 Å². The molecule has 10 nitrogen and oxygen atoms in total. The molecule has 0 bridgehead atoms. The minimum Gasteiger partial charge on any atom is -0.396 e. The molecule has 1 N–H and O–H groups in total. The van der Waals surface area contributed by atoms with Crippen LogP contribution in [0, 0.1) is 20.2 Å².